The van der Waals surface area contributed by atoms with Gasteiger partial charge in [0, 0.05) is 36.8 Å². The van der Waals surface area contributed by atoms with Crippen LogP contribution in [0.15, 0.2) is 48.8 Å². The van der Waals surface area contributed by atoms with Crippen molar-refractivity contribution in [2.75, 3.05) is 6.54 Å². The Morgan fingerprint density at radius 3 is 2.30 bits per heavy atom. The fourth-order valence-corrected chi connectivity index (χ4v) is 8.89. The number of amides is 1. The first-order chi connectivity index (χ1) is 17.9. The van der Waals surface area contributed by atoms with E-state index in [-0.39, 0.29) is 23.2 Å². The summed E-state index contributed by atoms with van der Waals surface area (Å²) in [6.45, 7) is 0.460. The molecule has 0 aliphatic heterocycles. The third kappa shape index (κ3) is 4.41. The number of hydrogen-bond donors (Lipinski definition) is 2. The van der Waals surface area contributed by atoms with Crippen molar-refractivity contribution in [3.63, 3.8) is 0 Å². The number of benzene rings is 1. The molecule has 1 aromatic carbocycles. The van der Waals surface area contributed by atoms with Gasteiger partial charge in [-0.3, -0.25) is 14.6 Å². The van der Waals surface area contributed by atoms with Crippen LogP contribution in [0.3, 0.4) is 0 Å². The topological polar surface area (TPSA) is 85.1 Å². The number of aromatic nitrogens is 1. The highest BCUT2D eigenvalue weighted by molar-refractivity contribution is 5.89. The van der Waals surface area contributed by atoms with Crippen molar-refractivity contribution in [3.05, 3.63) is 65.7 Å². The normalized spacial score (nSPS) is 32.3. The highest BCUT2D eigenvalue weighted by Gasteiger charge is 2.58. The summed E-state index contributed by atoms with van der Waals surface area (Å²) in [5.41, 5.74) is 8.01. The summed E-state index contributed by atoms with van der Waals surface area (Å²) in [5.74, 6) is 2.02. The molecule has 7 rings (SSSR count). The number of carbonyl (C=O) groups excluding carboxylic acids is 2. The molecule has 0 saturated heterocycles. The van der Waals surface area contributed by atoms with Crippen LogP contribution in [0.25, 0.3) is 0 Å². The smallest absolute Gasteiger partial charge is 0.230 e. The number of rotatable bonds is 8. The van der Waals surface area contributed by atoms with E-state index in [0.29, 0.717) is 42.4 Å². The van der Waals surface area contributed by atoms with E-state index >= 15 is 0 Å². The fourth-order valence-electron chi connectivity index (χ4n) is 8.89. The van der Waals surface area contributed by atoms with Gasteiger partial charge in [0.15, 0.2) is 0 Å². The monoisotopic (exact) mass is 503 g/mol. The van der Waals surface area contributed by atoms with E-state index in [9.17, 15) is 14.0 Å². The van der Waals surface area contributed by atoms with Gasteiger partial charge in [-0.15, -0.1) is 0 Å². The van der Waals surface area contributed by atoms with Crippen molar-refractivity contribution in [2.45, 2.75) is 75.7 Å². The summed E-state index contributed by atoms with van der Waals surface area (Å²) >= 11 is 0. The highest BCUT2D eigenvalue weighted by Crippen LogP contribution is 2.63. The predicted octanol–water partition coefficient (Wildman–Crippen LogP) is 4.73. The van der Waals surface area contributed by atoms with Crippen LogP contribution in [0, 0.1) is 34.9 Å². The zero-order chi connectivity index (χ0) is 25.6. The second kappa shape index (κ2) is 9.61. The summed E-state index contributed by atoms with van der Waals surface area (Å²) in [6.07, 6.45) is 12.8. The van der Waals surface area contributed by atoms with Crippen LogP contribution >= 0.6 is 0 Å². The summed E-state index contributed by atoms with van der Waals surface area (Å²) in [6, 6.07) is 10.2. The van der Waals surface area contributed by atoms with Gasteiger partial charge in [0.2, 0.25) is 5.91 Å². The lowest BCUT2D eigenvalue weighted by Crippen LogP contribution is -2.60. The lowest BCUT2D eigenvalue weighted by molar-refractivity contribution is -0.151. The standard InChI is InChI=1S/C31H38FN3O2/c32-25-5-3-24(4-6-25)31(9-1-2-10-31)29(37)35-19-26(33)28-22-13-21-14-23(28)18-30(16-21,17-22)27(36)15-20-7-11-34-12-8-20/h3-8,11-12,21-23,26,28H,1-2,9-10,13-19,33H2,(H,35,37)/t21?,22?,23?,26-,28?,30?/m1/s1. The molecular formula is C31H38FN3O2. The van der Waals surface area contributed by atoms with Gasteiger partial charge < -0.3 is 11.1 Å². The Hall–Kier alpha value is -2.60. The second-order valence-corrected chi connectivity index (χ2v) is 12.5. The van der Waals surface area contributed by atoms with Crippen LogP contribution < -0.4 is 11.1 Å². The summed E-state index contributed by atoms with van der Waals surface area (Å²) < 4.78 is 13.5. The molecule has 1 aromatic heterocycles. The van der Waals surface area contributed by atoms with Gasteiger partial charge in [-0.1, -0.05) is 25.0 Å². The maximum absolute atomic E-state index is 13.6. The van der Waals surface area contributed by atoms with Crippen LogP contribution in [0.2, 0.25) is 0 Å². The summed E-state index contributed by atoms with van der Waals surface area (Å²) in [5, 5.41) is 3.22. The molecule has 3 N–H and O–H groups in total. The number of Topliss-reactive ketones (excluding diaryl/α,β-unsaturated/α-hetero) is 1. The third-order valence-corrected chi connectivity index (χ3v) is 10.3. The van der Waals surface area contributed by atoms with E-state index in [4.69, 9.17) is 5.73 Å². The number of pyridine rings is 1. The number of carbonyl (C=O) groups is 2. The van der Waals surface area contributed by atoms with E-state index in [1.54, 1.807) is 24.5 Å². The maximum atomic E-state index is 13.6. The highest BCUT2D eigenvalue weighted by atomic mass is 19.1. The van der Waals surface area contributed by atoms with E-state index < -0.39 is 5.41 Å². The Morgan fingerprint density at radius 2 is 1.65 bits per heavy atom. The fraction of sp³-hybridized carbons (Fsp3) is 0.581. The Labute approximate surface area is 218 Å². The molecule has 5 aliphatic rings. The predicted molar refractivity (Wildman–Crippen MR) is 140 cm³/mol. The van der Waals surface area contributed by atoms with Crippen molar-refractivity contribution >= 4 is 11.7 Å². The largest absolute Gasteiger partial charge is 0.354 e. The van der Waals surface area contributed by atoms with Gasteiger partial charge in [0.25, 0.3) is 0 Å². The molecule has 1 amide bonds. The minimum absolute atomic E-state index is 0.0277. The molecule has 2 aromatic rings. The zero-order valence-corrected chi connectivity index (χ0v) is 21.5. The number of hydrogen-bond acceptors (Lipinski definition) is 4. The van der Waals surface area contributed by atoms with Crippen LogP contribution in [0.4, 0.5) is 4.39 Å². The number of ketones is 1. The molecule has 1 heterocycles. The van der Waals surface area contributed by atoms with Gasteiger partial charge in [-0.05, 0) is 104 Å². The molecule has 0 spiro atoms. The molecule has 4 bridgehead atoms. The molecule has 0 radical (unpaired) electrons. The average Bonchev–Trinajstić information content (AvgIpc) is 3.39. The Morgan fingerprint density at radius 1 is 1.00 bits per heavy atom. The quantitative estimate of drug-likeness (QED) is 0.545. The van der Waals surface area contributed by atoms with E-state index in [1.807, 2.05) is 12.1 Å². The molecule has 6 heteroatoms. The Bertz CT molecular complexity index is 1130. The SMILES string of the molecule is N[C@H](CNC(=O)C1(c2ccc(F)cc2)CCCC1)C1C2CC3CC1CC(C(=O)Cc1ccncc1)(C3)C2. The molecule has 3 atom stereocenters. The zero-order valence-electron chi connectivity index (χ0n) is 21.5. The van der Waals surface area contributed by atoms with Crippen molar-refractivity contribution in [3.8, 4) is 0 Å². The second-order valence-electron chi connectivity index (χ2n) is 12.5. The maximum Gasteiger partial charge on any atom is 0.230 e. The van der Waals surface area contributed by atoms with Gasteiger partial charge >= 0.3 is 0 Å². The van der Waals surface area contributed by atoms with Crippen LogP contribution in [0.5, 0.6) is 0 Å². The molecule has 5 aliphatic carbocycles. The van der Waals surface area contributed by atoms with E-state index in [2.05, 4.69) is 10.3 Å². The van der Waals surface area contributed by atoms with Gasteiger partial charge in [-0.25, -0.2) is 4.39 Å². The minimum atomic E-state index is -0.582. The third-order valence-electron chi connectivity index (χ3n) is 10.3. The molecule has 2 unspecified atom stereocenters. The van der Waals surface area contributed by atoms with Gasteiger partial charge in [0.05, 0.1) is 5.41 Å². The van der Waals surface area contributed by atoms with Crippen LogP contribution in [-0.2, 0) is 21.4 Å². The summed E-state index contributed by atoms with van der Waals surface area (Å²) in [7, 11) is 0. The average molecular weight is 504 g/mol. The van der Waals surface area contributed by atoms with Crippen molar-refractivity contribution in [2.24, 2.45) is 34.8 Å². The van der Waals surface area contributed by atoms with Crippen molar-refractivity contribution in [1.29, 1.82) is 0 Å². The van der Waals surface area contributed by atoms with E-state index in [1.165, 1.54) is 12.1 Å². The minimum Gasteiger partial charge on any atom is -0.354 e. The molecule has 5 fully saturated rings. The van der Waals surface area contributed by atoms with Crippen LogP contribution in [-0.4, -0.2) is 29.3 Å². The lowest BCUT2D eigenvalue weighted by atomic mass is 9.44. The van der Waals surface area contributed by atoms with Gasteiger partial charge in [-0.2, -0.15) is 0 Å². The molecule has 196 valence electrons. The first-order valence-electron chi connectivity index (χ1n) is 14.1. The first-order valence-corrected chi connectivity index (χ1v) is 14.1. The van der Waals surface area contributed by atoms with Crippen LogP contribution in [0.1, 0.15) is 68.9 Å². The van der Waals surface area contributed by atoms with E-state index in [0.717, 1.165) is 68.9 Å². The van der Waals surface area contributed by atoms with Crippen molar-refractivity contribution < 1.29 is 14.0 Å². The first kappa shape index (κ1) is 24.7. The number of nitrogens with zero attached hydrogens (tertiary/aromatic N) is 1. The molecular weight excluding hydrogens is 465 g/mol. The van der Waals surface area contributed by atoms with Gasteiger partial charge in [0.1, 0.15) is 11.6 Å². The number of nitrogens with two attached hydrogens (primary N) is 1. The molecule has 37 heavy (non-hydrogen) atoms. The Balaban J connectivity index is 1.12. The summed E-state index contributed by atoms with van der Waals surface area (Å²) in [4.78, 5) is 31.2. The lowest BCUT2D eigenvalue weighted by Gasteiger charge is -2.60. The van der Waals surface area contributed by atoms with Crippen molar-refractivity contribution in [1.82, 2.24) is 10.3 Å². The Kier molecular flexibility index (Phi) is 6.42. The molecule has 5 nitrogen and oxygen atoms in total. The molecule has 5 saturated carbocycles. The number of halogens is 1. The number of nitrogens with one attached hydrogen (secondary N) is 1.